The maximum atomic E-state index is 12.8. The average Bonchev–Trinajstić information content (AvgIpc) is 2.76. The van der Waals surface area contributed by atoms with Gasteiger partial charge in [0.15, 0.2) is 0 Å². The zero-order valence-corrected chi connectivity index (χ0v) is 19.8. The molecule has 0 aliphatic carbocycles. The number of rotatable bonds is 8. The highest BCUT2D eigenvalue weighted by molar-refractivity contribution is 7.92. The van der Waals surface area contributed by atoms with Crippen LogP contribution in [0, 0.1) is 13.8 Å². The van der Waals surface area contributed by atoms with Gasteiger partial charge in [-0.25, -0.2) is 8.42 Å². The zero-order chi connectivity index (χ0) is 24.0. The summed E-state index contributed by atoms with van der Waals surface area (Å²) in [6, 6.07) is 18.1. The van der Waals surface area contributed by atoms with E-state index in [0.29, 0.717) is 27.5 Å². The first kappa shape index (κ1) is 24.3. The number of nitrogens with one attached hydrogen (secondary N) is 3. The van der Waals surface area contributed by atoms with Crippen LogP contribution in [0.25, 0.3) is 0 Å². The number of aryl methyl sites for hydroxylation is 2. The Bertz CT molecular complexity index is 1280. The molecule has 3 aromatic carbocycles. The molecule has 0 aliphatic rings. The number of hydrogen-bond acceptors (Lipinski definition) is 4. The van der Waals surface area contributed by atoms with Crippen molar-refractivity contribution in [2.75, 3.05) is 16.6 Å². The molecule has 172 valence electrons. The fourth-order valence-corrected chi connectivity index (χ4v) is 4.55. The van der Waals surface area contributed by atoms with Gasteiger partial charge in [-0.3, -0.25) is 14.3 Å². The van der Waals surface area contributed by atoms with Crippen LogP contribution in [-0.2, 0) is 14.8 Å². The molecule has 0 bridgehead atoms. The first-order valence-electron chi connectivity index (χ1n) is 10.2. The summed E-state index contributed by atoms with van der Waals surface area (Å²) in [7, 11) is -3.88. The van der Waals surface area contributed by atoms with E-state index >= 15 is 0 Å². The van der Waals surface area contributed by atoms with E-state index in [1.807, 2.05) is 13.0 Å². The van der Waals surface area contributed by atoms with Gasteiger partial charge in [0.1, 0.15) is 0 Å². The minimum absolute atomic E-state index is 0.0382. The van der Waals surface area contributed by atoms with Crippen molar-refractivity contribution < 1.29 is 18.0 Å². The van der Waals surface area contributed by atoms with Crippen LogP contribution in [0.15, 0.2) is 71.6 Å². The Balaban J connectivity index is 1.61. The third kappa shape index (κ3) is 6.81. The number of halogens is 1. The predicted octanol–water partition coefficient (Wildman–Crippen LogP) is 4.52. The van der Waals surface area contributed by atoms with Crippen molar-refractivity contribution in [3.63, 3.8) is 0 Å². The molecule has 0 heterocycles. The summed E-state index contributed by atoms with van der Waals surface area (Å²) < 4.78 is 28.2. The highest BCUT2D eigenvalue weighted by Crippen LogP contribution is 2.24. The molecule has 0 fully saturated rings. The van der Waals surface area contributed by atoms with Crippen molar-refractivity contribution in [1.29, 1.82) is 0 Å². The smallest absolute Gasteiger partial charge is 0.262 e. The first-order valence-corrected chi connectivity index (χ1v) is 12.0. The lowest BCUT2D eigenvalue weighted by Gasteiger charge is -2.13. The molecular weight excluding hydrogens is 462 g/mol. The molecule has 0 radical (unpaired) electrons. The number of hydrogen-bond donors (Lipinski definition) is 3. The Morgan fingerprint density at radius 1 is 0.909 bits per heavy atom. The Kier molecular flexibility index (Phi) is 7.73. The van der Waals surface area contributed by atoms with Crippen molar-refractivity contribution in [1.82, 2.24) is 5.32 Å². The molecule has 33 heavy (non-hydrogen) atoms. The Hall–Kier alpha value is -3.36. The summed E-state index contributed by atoms with van der Waals surface area (Å²) in [5, 5.41) is 5.87. The van der Waals surface area contributed by atoms with Crippen LogP contribution in [0.3, 0.4) is 0 Å². The molecule has 3 rings (SSSR count). The van der Waals surface area contributed by atoms with E-state index in [9.17, 15) is 18.0 Å². The van der Waals surface area contributed by atoms with Gasteiger partial charge >= 0.3 is 0 Å². The van der Waals surface area contributed by atoms with Crippen molar-refractivity contribution >= 4 is 44.8 Å². The Morgan fingerprint density at radius 3 is 2.30 bits per heavy atom. The lowest BCUT2D eigenvalue weighted by molar-refractivity contribution is -0.116. The van der Waals surface area contributed by atoms with E-state index in [2.05, 4.69) is 15.4 Å². The minimum atomic E-state index is -3.88. The molecule has 3 N–H and O–H groups in total. The molecular formula is C24H24ClN3O4S. The quantitative estimate of drug-likeness (QED) is 0.436. The molecule has 0 aromatic heterocycles. The van der Waals surface area contributed by atoms with E-state index in [1.165, 1.54) is 6.07 Å². The first-order chi connectivity index (χ1) is 15.6. The second kappa shape index (κ2) is 10.5. The van der Waals surface area contributed by atoms with Crippen LogP contribution in [0.2, 0.25) is 5.02 Å². The van der Waals surface area contributed by atoms with Gasteiger partial charge < -0.3 is 10.6 Å². The largest absolute Gasteiger partial charge is 0.352 e. The number of sulfonamides is 1. The van der Waals surface area contributed by atoms with E-state index in [-0.39, 0.29) is 29.7 Å². The summed E-state index contributed by atoms with van der Waals surface area (Å²) in [4.78, 5) is 24.5. The van der Waals surface area contributed by atoms with Gasteiger partial charge in [-0.1, -0.05) is 35.4 Å². The van der Waals surface area contributed by atoms with Gasteiger partial charge in [0, 0.05) is 34.9 Å². The fraction of sp³-hybridized carbons (Fsp3) is 0.167. The van der Waals surface area contributed by atoms with Gasteiger partial charge in [0.2, 0.25) is 5.91 Å². The molecule has 0 unspecified atom stereocenters. The SMILES string of the molecule is Cc1cccc(C(=O)NCCC(=O)Nc2ccc(C)c(S(=O)(=O)Nc3ccc(Cl)cc3)c2)c1. The molecule has 0 saturated carbocycles. The van der Waals surface area contributed by atoms with E-state index in [4.69, 9.17) is 11.6 Å². The summed E-state index contributed by atoms with van der Waals surface area (Å²) in [5.41, 5.74) is 2.73. The van der Waals surface area contributed by atoms with Crippen LogP contribution < -0.4 is 15.4 Å². The number of benzene rings is 3. The number of amides is 2. The van der Waals surface area contributed by atoms with Gasteiger partial charge in [-0.15, -0.1) is 0 Å². The topological polar surface area (TPSA) is 104 Å². The number of anilines is 2. The van der Waals surface area contributed by atoms with E-state index in [0.717, 1.165) is 5.56 Å². The third-order valence-corrected chi connectivity index (χ3v) is 6.55. The van der Waals surface area contributed by atoms with E-state index < -0.39 is 10.0 Å². The van der Waals surface area contributed by atoms with Crippen molar-refractivity contribution in [2.24, 2.45) is 0 Å². The van der Waals surface area contributed by atoms with Crippen LogP contribution in [-0.4, -0.2) is 26.8 Å². The standard InChI is InChI=1S/C24H24ClN3O4S/c1-16-4-3-5-18(14-16)24(30)26-13-12-23(29)27-21-9-6-17(2)22(15-21)33(31,32)28-20-10-7-19(25)8-11-20/h3-11,14-15,28H,12-13H2,1-2H3,(H,26,30)(H,27,29). The molecule has 0 aliphatic heterocycles. The molecule has 7 nitrogen and oxygen atoms in total. The molecule has 0 spiro atoms. The number of carbonyl (C=O) groups is 2. The van der Waals surface area contributed by atoms with Gasteiger partial charge in [-0.2, -0.15) is 0 Å². The van der Waals surface area contributed by atoms with Crippen molar-refractivity contribution in [2.45, 2.75) is 25.2 Å². The van der Waals surface area contributed by atoms with Crippen LogP contribution in [0.5, 0.6) is 0 Å². The maximum Gasteiger partial charge on any atom is 0.262 e. The van der Waals surface area contributed by atoms with E-state index in [1.54, 1.807) is 61.5 Å². The van der Waals surface area contributed by atoms with Crippen LogP contribution in [0.4, 0.5) is 11.4 Å². The summed E-state index contributed by atoms with van der Waals surface area (Å²) in [6.45, 7) is 3.71. The second-order valence-corrected chi connectivity index (χ2v) is 9.60. The Labute approximate surface area is 198 Å². The average molecular weight is 486 g/mol. The monoisotopic (exact) mass is 485 g/mol. The highest BCUT2D eigenvalue weighted by Gasteiger charge is 2.18. The predicted molar refractivity (Wildman–Crippen MR) is 130 cm³/mol. The molecule has 2 amide bonds. The van der Waals surface area contributed by atoms with Crippen molar-refractivity contribution in [3.8, 4) is 0 Å². The van der Waals surface area contributed by atoms with Gasteiger partial charge in [0.05, 0.1) is 4.90 Å². The summed E-state index contributed by atoms with van der Waals surface area (Å²) >= 11 is 5.84. The maximum absolute atomic E-state index is 12.8. The number of carbonyl (C=O) groups excluding carboxylic acids is 2. The van der Waals surface area contributed by atoms with Crippen LogP contribution in [0.1, 0.15) is 27.9 Å². The molecule has 9 heteroatoms. The molecule has 3 aromatic rings. The highest BCUT2D eigenvalue weighted by atomic mass is 35.5. The third-order valence-electron chi connectivity index (χ3n) is 4.78. The minimum Gasteiger partial charge on any atom is -0.352 e. The molecule has 0 atom stereocenters. The lowest BCUT2D eigenvalue weighted by Crippen LogP contribution is -2.27. The molecule has 0 saturated heterocycles. The zero-order valence-electron chi connectivity index (χ0n) is 18.2. The second-order valence-electron chi connectivity index (χ2n) is 7.52. The summed E-state index contributed by atoms with van der Waals surface area (Å²) in [5.74, 6) is -0.610. The fourth-order valence-electron chi connectivity index (χ4n) is 3.10. The van der Waals surface area contributed by atoms with Gasteiger partial charge in [0.25, 0.3) is 15.9 Å². The summed E-state index contributed by atoms with van der Waals surface area (Å²) in [6.07, 6.45) is 0.0382. The lowest BCUT2D eigenvalue weighted by atomic mass is 10.1. The normalized spacial score (nSPS) is 11.0. The van der Waals surface area contributed by atoms with Gasteiger partial charge in [-0.05, 0) is 67.9 Å². The van der Waals surface area contributed by atoms with Crippen molar-refractivity contribution in [3.05, 3.63) is 88.4 Å². The van der Waals surface area contributed by atoms with Crippen LogP contribution >= 0.6 is 11.6 Å². The Morgan fingerprint density at radius 2 is 1.61 bits per heavy atom.